The predicted octanol–water partition coefficient (Wildman–Crippen LogP) is 4.70. The fraction of sp³-hybridized carbons (Fsp3) is 0.115. The third-order valence-corrected chi connectivity index (χ3v) is 5.60. The van der Waals surface area contributed by atoms with Crippen molar-refractivity contribution in [2.45, 2.75) is 12.5 Å². The van der Waals surface area contributed by atoms with E-state index in [1.54, 1.807) is 6.08 Å². The summed E-state index contributed by atoms with van der Waals surface area (Å²) in [6.07, 6.45) is 13.0. The zero-order valence-electron chi connectivity index (χ0n) is 16.1. The van der Waals surface area contributed by atoms with Crippen molar-refractivity contribution in [3.05, 3.63) is 119 Å². The summed E-state index contributed by atoms with van der Waals surface area (Å²) >= 11 is 0. The molecule has 0 saturated carbocycles. The number of carbonyl (C=O) groups excluding carboxylic acids is 1. The Morgan fingerprint density at radius 2 is 1.76 bits per heavy atom. The van der Waals surface area contributed by atoms with Gasteiger partial charge in [0.15, 0.2) is 0 Å². The molecule has 0 radical (unpaired) electrons. The molecule has 0 bridgehead atoms. The monoisotopic (exact) mass is 378 g/mol. The van der Waals surface area contributed by atoms with Crippen LogP contribution >= 0.6 is 0 Å². The van der Waals surface area contributed by atoms with Crippen molar-refractivity contribution < 1.29 is 4.79 Å². The quantitative estimate of drug-likeness (QED) is 0.786. The maximum atomic E-state index is 13.2. The van der Waals surface area contributed by atoms with Crippen LogP contribution in [0.4, 0.5) is 0 Å². The van der Waals surface area contributed by atoms with Crippen molar-refractivity contribution >= 4 is 17.7 Å². The van der Waals surface area contributed by atoms with Crippen LogP contribution in [0.2, 0.25) is 0 Å². The summed E-state index contributed by atoms with van der Waals surface area (Å²) in [5.41, 5.74) is 6.78. The molecule has 2 heterocycles. The highest BCUT2D eigenvalue weighted by atomic mass is 16.2. The SMILES string of the molecule is O=C(/C=C/c1ccccc1)N1CCC2=C3C=CC=CC3NC2=C1c1ccccc1. The van der Waals surface area contributed by atoms with Crippen molar-refractivity contribution in [1.82, 2.24) is 10.2 Å². The van der Waals surface area contributed by atoms with E-state index in [0.29, 0.717) is 6.54 Å². The number of fused-ring (bicyclic) bond motifs is 2. The first kappa shape index (κ1) is 17.5. The Morgan fingerprint density at radius 1 is 1.00 bits per heavy atom. The van der Waals surface area contributed by atoms with E-state index in [1.807, 2.05) is 59.5 Å². The molecule has 5 rings (SSSR count). The second-order valence-corrected chi connectivity index (χ2v) is 7.37. The molecule has 29 heavy (non-hydrogen) atoms. The van der Waals surface area contributed by atoms with E-state index in [9.17, 15) is 4.79 Å². The van der Waals surface area contributed by atoms with Crippen LogP contribution in [-0.4, -0.2) is 23.4 Å². The topological polar surface area (TPSA) is 32.3 Å². The van der Waals surface area contributed by atoms with Crippen molar-refractivity contribution in [3.63, 3.8) is 0 Å². The number of amides is 1. The van der Waals surface area contributed by atoms with E-state index in [0.717, 1.165) is 28.9 Å². The first-order chi connectivity index (χ1) is 14.3. The Hall–Kier alpha value is -3.59. The molecular weight excluding hydrogens is 356 g/mol. The van der Waals surface area contributed by atoms with Crippen LogP contribution in [0.3, 0.4) is 0 Å². The molecule has 0 fully saturated rings. The summed E-state index contributed by atoms with van der Waals surface area (Å²) in [6.45, 7) is 0.677. The van der Waals surface area contributed by atoms with E-state index in [2.05, 4.69) is 41.8 Å². The molecule has 2 aromatic carbocycles. The van der Waals surface area contributed by atoms with Crippen LogP contribution in [0.1, 0.15) is 17.5 Å². The van der Waals surface area contributed by atoms with Gasteiger partial charge in [-0.05, 0) is 29.2 Å². The normalized spacial score (nSPS) is 20.1. The summed E-state index contributed by atoms with van der Waals surface area (Å²) in [4.78, 5) is 15.1. The molecule has 3 nitrogen and oxygen atoms in total. The Labute approximate surface area is 171 Å². The zero-order chi connectivity index (χ0) is 19.6. The molecule has 2 aliphatic heterocycles. The summed E-state index contributed by atoms with van der Waals surface area (Å²) in [6, 6.07) is 20.3. The lowest BCUT2D eigenvalue weighted by molar-refractivity contribution is -0.123. The van der Waals surface area contributed by atoms with E-state index < -0.39 is 0 Å². The van der Waals surface area contributed by atoms with Gasteiger partial charge in [-0.25, -0.2) is 0 Å². The van der Waals surface area contributed by atoms with Gasteiger partial charge >= 0.3 is 0 Å². The summed E-state index contributed by atoms with van der Waals surface area (Å²) in [5.74, 6) is 0.00649. The number of nitrogens with one attached hydrogen (secondary N) is 1. The highest BCUT2D eigenvalue weighted by Crippen LogP contribution is 2.40. The van der Waals surface area contributed by atoms with Gasteiger partial charge in [-0.3, -0.25) is 4.79 Å². The van der Waals surface area contributed by atoms with E-state index >= 15 is 0 Å². The maximum absolute atomic E-state index is 13.2. The Bertz CT molecular complexity index is 1090. The van der Waals surface area contributed by atoms with Gasteiger partial charge in [-0.1, -0.05) is 85.0 Å². The molecule has 3 aliphatic rings. The number of nitrogens with zero attached hydrogens (tertiary/aromatic N) is 1. The van der Waals surface area contributed by atoms with Crippen molar-refractivity contribution in [1.29, 1.82) is 0 Å². The number of hydrogen-bond donors (Lipinski definition) is 1. The van der Waals surface area contributed by atoms with E-state index in [-0.39, 0.29) is 11.9 Å². The molecule has 142 valence electrons. The van der Waals surface area contributed by atoms with E-state index in [4.69, 9.17) is 0 Å². The first-order valence-corrected chi connectivity index (χ1v) is 10.0. The minimum atomic E-state index is 0.00649. The molecule has 0 saturated heterocycles. The summed E-state index contributed by atoms with van der Waals surface area (Å²) in [5, 5.41) is 3.65. The molecule has 1 N–H and O–H groups in total. The lowest BCUT2D eigenvalue weighted by Crippen LogP contribution is -2.35. The third-order valence-electron chi connectivity index (χ3n) is 5.60. The smallest absolute Gasteiger partial charge is 0.251 e. The van der Waals surface area contributed by atoms with Crippen LogP contribution in [0.15, 0.2) is 108 Å². The summed E-state index contributed by atoms with van der Waals surface area (Å²) < 4.78 is 0. The van der Waals surface area contributed by atoms with Crippen molar-refractivity contribution in [2.24, 2.45) is 0 Å². The second-order valence-electron chi connectivity index (χ2n) is 7.37. The number of allylic oxidation sites excluding steroid dienone is 3. The fourth-order valence-corrected chi connectivity index (χ4v) is 4.23. The second kappa shape index (κ2) is 7.44. The van der Waals surface area contributed by atoms with Gasteiger partial charge in [0.1, 0.15) is 0 Å². The van der Waals surface area contributed by atoms with Crippen LogP contribution in [0.25, 0.3) is 11.8 Å². The minimum absolute atomic E-state index is 0.00649. The number of benzene rings is 2. The average molecular weight is 378 g/mol. The van der Waals surface area contributed by atoms with Crippen LogP contribution in [0.5, 0.6) is 0 Å². The predicted molar refractivity (Wildman–Crippen MR) is 117 cm³/mol. The van der Waals surface area contributed by atoms with Crippen molar-refractivity contribution in [2.75, 3.05) is 6.54 Å². The Balaban J connectivity index is 1.56. The standard InChI is InChI=1S/C26H22N2O/c29-24(16-15-19-9-3-1-4-10-19)28-18-17-22-21-13-7-8-14-23(21)27-25(22)26(28)20-11-5-2-6-12-20/h1-16,23,27H,17-18H2/b16-15+. The molecule has 1 unspecified atom stereocenters. The van der Waals surface area contributed by atoms with Gasteiger partial charge in [0.05, 0.1) is 17.4 Å². The Kier molecular flexibility index (Phi) is 4.49. The molecule has 2 aromatic rings. The third kappa shape index (κ3) is 3.25. The van der Waals surface area contributed by atoms with Gasteiger partial charge in [-0.15, -0.1) is 0 Å². The highest BCUT2D eigenvalue weighted by molar-refractivity contribution is 5.99. The van der Waals surface area contributed by atoms with Gasteiger partial charge in [0, 0.05) is 18.2 Å². The molecular formula is C26H22N2O. The largest absolute Gasteiger partial charge is 0.373 e. The molecule has 1 amide bonds. The number of carbonyl (C=O) groups is 1. The zero-order valence-corrected chi connectivity index (χ0v) is 16.1. The lowest BCUT2D eigenvalue weighted by Gasteiger charge is -2.32. The first-order valence-electron chi connectivity index (χ1n) is 10.0. The van der Waals surface area contributed by atoms with Crippen LogP contribution < -0.4 is 5.32 Å². The molecule has 1 atom stereocenters. The minimum Gasteiger partial charge on any atom is -0.373 e. The van der Waals surface area contributed by atoms with Crippen LogP contribution in [0, 0.1) is 0 Å². The van der Waals surface area contributed by atoms with E-state index in [1.165, 1.54) is 11.1 Å². The maximum Gasteiger partial charge on any atom is 0.251 e. The van der Waals surface area contributed by atoms with Crippen molar-refractivity contribution in [3.8, 4) is 0 Å². The van der Waals surface area contributed by atoms with Gasteiger partial charge in [-0.2, -0.15) is 0 Å². The summed E-state index contributed by atoms with van der Waals surface area (Å²) in [7, 11) is 0. The molecule has 0 aromatic heterocycles. The highest BCUT2D eigenvalue weighted by Gasteiger charge is 2.35. The van der Waals surface area contributed by atoms with Gasteiger partial charge in [0.2, 0.25) is 0 Å². The lowest BCUT2D eigenvalue weighted by atomic mass is 9.93. The fourth-order valence-electron chi connectivity index (χ4n) is 4.23. The Morgan fingerprint density at radius 3 is 2.55 bits per heavy atom. The number of rotatable bonds is 3. The average Bonchev–Trinajstić information content (AvgIpc) is 3.17. The molecule has 3 heteroatoms. The van der Waals surface area contributed by atoms with Gasteiger partial charge < -0.3 is 10.2 Å². The molecule has 1 aliphatic carbocycles. The number of hydrogen-bond acceptors (Lipinski definition) is 2. The molecule has 0 spiro atoms. The van der Waals surface area contributed by atoms with Gasteiger partial charge in [0.25, 0.3) is 5.91 Å². The van der Waals surface area contributed by atoms with Crippen LogP contribution in [-0.2, 0) is 4.79 Å².